The average Bonchev–Trinajstić information content (AvgIpc) is 2.40. The van der Waals surface area contributed by atoms with Crippen LogP contribution in [-0.4, -0.2) is 55.6 Å². The average molecular weight is 267 g/mol. The third kappa shape index (κ3) is 3.93. The first-order valence-electron chi connectivity index (χ1n) is 8.22. The van der Waals surface area contributed by atoms with Crippen molar-refractivity contribution >= 4 is 0 Å². The molecular formula is C16H33N3. The molecule has 112 valence electrons. The molecule has 0 radical (unpaired) electrons. The maximum Gasteiger partial charge on any atom is 0.0247 e. The standard InChI is InChI=1S/C16H33N3/c1-13-6-4-7-14(10-13)16(11-17)19-9-5-8-15(12-19)18(2)3/h13-16H,4-12,17H2,1-3H3. The van der Waals surface area contributed by atoms with Crippen LogP contribution in [0.25, 0.3) is 0 Å². The van der Waals surface area contributed by atoms with Gasteiger partial charge in [0.1, 0.15) is 0 Å². The highest BCUT2D eigenvalue weighted by Crippen LogP contribution is 2.33. The number of hydrogen-bond donors (Lipinski definition) is 1. The monoisotopic (exact) mass is 267 g/mol. The van der Waals surface area contributed by atoms with Gasteiger partial charge in [-0.25, -0.2) is 0 Å². The molecule has 1 saturated heterocycles. The quantitative estimate of drug-likeness (QED) is 0.847. The molecule has 1 aliphatic carbocycles. The molecule has 3 heteroatoms. The molecule has 4 atom stereocenters. The maximum atomic E-state index is 6.15. The van der Waals surface area contributed by atoms with Crippen LogP contribution in [0.5, 0.6) is 0 Å². The lowest BCUT2D eigenvalue weighted by Gasteiger charge is -2.44. The first-order valence-corrected chi connectivity index (χ1v) is 8.22. The fraction of sp³-hybridized carbons (Fsp3) is 1.00. The fourth-order valence-electron chi connectivity index (χ4n) is 4.18. The molecule has 3 nitrogen and oxygen atoms in total. The predicted molar refractivity (Wildman–Crippen MR) is 82.2 cm³/mol. The third-order valence-electron chi connectivity index (χ3n) is 5.39. The second kappa shape index (κ2) is 7.05. The van der Waals surface area contributed by atoms with Crippen LogP contribution in [0.15, 0.2) is 0 Å². The molecule has 1 saturated carbocycles. The van der Waals surface area contributed by atoms with Gasteiger partial charge in [-0.3, -0.25) is 4.90 Å². The van der Waals surface area contributed by atoms with Crippen molar-refractivity contribution in [1.29, 1.82) is 0 Å². The summed E-state index contributed by atoms with van der Waals surface area (Å²) in [5.74, 6) is 1.75. The highest BCUT2D eigenvalue weighted by molar-refractivity contribution is 4.88. The molecule has 4 unspecified atom stereocenters. The Bertz CT molecular complexity index is 267. The smallest absolute Gasteiger partial charge is 0.0247 e. The Kier molecular flexibility index (Phi) is 5.67. The van der Waals surface area contributed by atoms with E-state index in [1.807, 2.05) is 0 Å². The Hall–Kier alpha value is -0.120. The molecule has 0 amide bonds. The Morgan fingerprint density at radius 2 is 2.00 bits per heavy atom. The van der Waals surface area contributed by atoms with Crippen molar-refractivity contribution in [3.05, 3.63) is 0 Å². The molecular weight excluding hydrogens is 234 g/mol. The van der Waals surface area contributed by atoms with E-state index in [1.165, 1.54) is 51.6 Å². The fourth-order valence-corrected chi connectivity index (χ4v) is 4.18. The van der Waals surface area contributed by atoms with Crippen molar-refractivity contribution in [1.82, 2.24) is 9.80 Å². The number of likely N-dealkylation sites (tertiary alicyclic amines) is 1. The van der Waals surface area contributed by atoms with E-state index in [-0.39, 0.29) is 0 Å². The van der Waals surface area contributed by atoms with Crippen molar-refractivity contribution in [3.8, 4) is 0 Å². The van der Waals surface area contributed by atoms with Gasteiger partial charge in [0.15, 0.2) is 0 Å². The van der Waals surface area contributed by atoms with Crippen LogP contribution in [-0.2, 0) is 0 Å². The lowest BCUT2D eigenvalue weighted by Crippen LogP contribution is -2.54. The van der Waals surface area contributed by atoms with E-state index in [1.54, 1.807) is 0 Å². The number of hydrogen-bond acceptors (Lipinski definition) is 3. The van der Waals surface area contributed by atoms with E-state index in [4.69, 9.17) is 5.73 Å². The number of piperidine rings is 1. The summed E-state index contributed by atoms with van der Waals surface area (Å²) in [6.45, 7) is 5.74. The number of nitrogens with zero attached hydrogens (tertiary/aromatic N) is 2. The molecule has 2 N–H and O–H groups in total. The van der Waals surface area contributed by atoms with Crippen molar-refractivity contribution in [2.75, 3.05) is 33.7 Å². The molecule has 0 spiro atoms. The van der Waals surface area contributed by atoms with Crippen LogP contribution < -0.4 is 5.73 Å². The van der Waals surface area contributed by atoms with E-state index < -0.39 is 0 Å². The molecule has 1 aliphatic heterocycles. The Morgan fingerprint density at radius 3 is 2.63 bits per heavy atom. The summed E-state index contributed by atoms with van der Waals surface area (Å²) in [6, 6.07) is 1.36. The Balaban J connectivity index is 1.96. The molecule has 0 aromatic rings. The second-order valence-corrected chi connectivity index (χ2v) is 7.09. The topological polar surface area (TPSA) is 32.5 Å². The van der Waals surface area contributed by atoms with Crippen LogP contribution in [0.1, 0.15) is 45.4 Å². The number of nitrogens with two attached hydrogens (primary N) is 1. The SMILES string of the molecule is CC1CCCC(C(CN)N2CCCC(N(C)C)C2)C1. The molecule has 2 aliphatic rings. The third-order valence-corrected chi connectivity index (χ3v) is 5.39. The molecule has 1 heterocycles. The molecule has 2 fully saturated rings. The lowest BCUT2D eigenvalue weighted by molar-refractivity contribution is 0.0548. The number of likely N-dealkylation sites (N-methyl/N-ethyl adjacent to an activating group) is 1. The molecule has 0 aromatic heterocycles. The van der Waals surface area contributed by atoms with E-state index in [9.17, 15) is 0 Å². The minimum atomic E-state index is 0.630. The van der Waals surface area contributed by atoms with Gasteiger partial charge in [0.05, 0.1) is 0 Å². The van der Waals surface area contributed by atoms with Gasteiger partial charge in [0.25, 0.3) is 0 Å². The van der Waals surface area contributed by atoms with Gasteiger partial charge >= 0.3 is 0 Å². The maximum absolute atomic E-state index is 6.15. The van der Waals surface area contributed by atoms with E-state index in [0.717, 1.165) is 24.4 Å². The normalized spacial score (nSPS) is 35.5. The summed E-state index contributed by atoms with van der Waals surface area (Å²) in [4.78, 5) is 5.10. The summed E-state index contributed by atoms with van der Waals surface area (Å²) in [6.07, 6.45) is 8.31. The zero-order valence-corrected chi connectivity index (χ0v) is 13.1. The summed E-state index contributed by atoms with van der Waals surface area (Å²) in [5, 5.41) is 0. The van der Waals surface area contributed by atoms with Crippen LogP contribution in [0.2, 0.25) is 0 Å². The van der Waals surface area contributed by atoms with Gasteiger partial charge < -0.3 is 10.6 Å². The van der Waals surface area contributed by atoms with E-state index in [0.29, 0.717) is 6.04 Å². The summed E-state index contributed by atoms with van der Waals surface area (Å²) in [7, 11) is 4.43. The Labute approximate surface area is 119 Å². The minimum Gasteiger partial charge on any atom is -0.329 e. The van der Waals surface area contributed by atoms with Gasteiger partial charge in [-0.15, -0.1) is 0 Å². The predicted octanol–water partition coefficient (Wildman–Crippen LogP) is 2.17. The largest absolute Gasteiger partial charge is 0.329 e. The van der Waals surface area contributed by atoms with Gasteiger partial charge in [-0.2, -0.15) is 0 Å². The zero-order valence-electron chi connectivity index (χ0n) is 13.1. The minimum absolute atomic E-state index is 0.630. The highest BCUT2D eigenvalue weighted by atomic mass is 15.2. The summed E-state index contributed by atoms with van der Waals surface area (Å²) in [5.41, 5.74) is 6.15. The zero-order chi connectivity index (χ0) is 13.8. The van der Waals surface area contributed by atoms with Crippen molar-refractivity contribution < 1.29 is 0 Å². The second-order valence-electron chi connectivity index (χ2n) is 7.09. The van der Waals surface area contributed by atoms with Crippen LogP contribution in [0, 0.1) is 11.8 Å². The van der Waals surface area contributed by atoms with E-state index >= 15 is 0 Å². The first-order chi connectivity index (χ1) is 9.11. The van der Waals surface area contributed by atoms with Crippen molar-refractivity contribution in [2.24, 2.45) is 17.6 Å². The molecule has 0 bridgehead atoms. The molecule has 19 heavy (non-hydrogen) atoms. The highest BCUT2D eigenvalue weighted by Gasteiger charge is 2.33. The van der Waals surface area contributed by atoms with E-state index in [2.05, 4.69) is 30.8 Å². The Morgan fingerprint density at radius 1 is 1.21 bits per heavy atom. The van der Waals surface area contributed by atoms with Crippen molar-refractivity contribution in [3.63, 3.8) is 0 Å². The van der Waals surface area contributed by atoms with Gasteiger partial charge in [-0.05, 0) is 58.2 Å². The molecule has 2 rings (SSSR count). The van der Waals surface area contributed by atoms with Crippen LogP contribution in [0.4, 0.5) is 0 Å². The number of rotatable bonds is 4. The van der Waals surface area contributed by atoms with Gasteiger partial charge in [0, 0.05) is 25.2 Å². The lowest BCUT2D eigenvalue weighted by atomic mass is 9.77. The van der Waals surface area contributed by atoms with Crippen LogP contribution >= 0.6 is 0 Å². The van der Waals surface area contributed by atoms with Gasteiger partial charge in [-0.1, -0.05) is 19.8 Å². The molecule has 0 aromatic carbocycles. The van der Waals surface area contributed by atoms with Crippen LogP contribution in [0.3, 0.4) is 0 Å². The van der Waals surface area contributed by atoms with Gasteiger partial charge in [0.2, 0.25) is 0 Å². The summed E-state index contributed by atoms with van der Waals surface area (Å²) >= 11 is 0. The summed E-state index contributed by atoms with van der Waals surface area (Å²) < 4.78 is 0. The van der Waals surface area contributed by atoms with Crippen molar-refractivity contribution in [2.45, 2.75) is 57.5 Å². The first kappa shape index (κ1) is 15.3.